The van der Waals surface area contributed by atoms with Crippen LogP contribution < -0.4 is 10.9 Å². The summed E-state index contributed by atoms with van der Waals surface area (Å²) in [5.41, 5.74) is 3.09. The monoisotopic (exact) mass is 459 g/mol. The molecule has 0 saturated carbocycles. The minimum Gasteiger partial charge on any atom is -0.324 e. The molecule has 5 aromatic rings. The zero-order valence-electron chi connectivity index (χ0n) is 17.5. The van der Waals surface area contributed by atoms with Gasteiger partial charge in [-0.15, -0.1) is 11.3 Å². The van der Waals surface area contributed by atoms with Crippen molar-refractivity contribution in [3.05, 3.63) is 94.6 Å². The van der Waals surface area contributed by atoms with Gasteiger partial charge in [0.15, 0.2) is 4.96 Å². The van der Waals surface area contributed by atoms with Gasteiger partial charge < -0.3 is 5.32 Å². The van der Waals surface area contributed by atoms with E-state index in [0.29, 0.717) is 16.9 Å². The highest BCUT2D eigenvalue weighted by Crippen LogP contribution is 2.23. The summed E-state index contributed by atoms with van der Waals surface area (Å²) in [6.45, 7) is 1.60. The van der Waals surface area contributed by atoms with E-state index >= 15 is 0 Å². The molecule has 0 aliphatic rings. The third-order valence-corrected chi connectivity index (χ3v) is 6.02. The molecule has 33 heavy (non-hydrogen) atoms. The Morgan fingerprint density at radius 3 is 2.42 bits per heavy atom. The number of imidazole rings is 1. The lowest BCUT2D eigenvalue weighted by Gasteiger charge is -2.15. The van der Waals surface area contributed by atoms with Gasteiger partial charge in [-0.05, 0) is 49.4 Å². The maximum absolute atomic E-state index is 13.2. The second kappa shape index (κ2) is 8.44. The molecule has 3 heterocycles. The average molecular weight is 460 g/mol. The number of hydrogen-bond donors (Lipinski definition) is 1. The van der Waals surface area contributed by atoms with Gasteiger partial charge in [-0.3, -0.25) is 14.0 Å². The molecule has 1 atom stereocenters. The van der Waals surface area contributed by atoms with Gasteiger partial charge >= 0.3 is 0 Å². The summed E-state index contributed by atoms with van der Waals surface area (Å²) in [6, 6.07) is 15.2. The van der Waals surface area contributed by atoms with E-state index in [9.17, 15) is 14.0 Å². The van der Waals surface area contributed by atoms with Gasteiger partial charge in [0.1, 0.15) is 11.9 Å². The topological polar surface area (TPSA) is 81.3 Å². The second-order valence-corrected chi connectivity index (χ2v) is 8.34. The van der Waals surface area contributed by atoms with Crippen LogP contribution in [0.5, 0.6) is 0 Å². The number of amides is 1. The van der Waals surface area contributed by atoms with E-state index in [2.05, 4.69) is 15.4 Å². The van der Waals surface area contributed by atoms with Crippen molar-refractivity contribution < 1.29 is 9.18 Å². The zero-order chi connectivity index (χ0) is 22.9. The van der Waals surface area contributed by atoms with Gasteiger partial charge in [0.25, 0.3) is 5.56 Å². The number of hydrogen-bond acceptors (Lipinski definition) is 5. The summed E-state index contributed by atoms with van der Waals surface area (Å²) in [5, 5.41) is 9.11. The Kier molecular flexibility index (Phi) is 5.31. The maximum Gasteiger partial charge on any atom is 0.267 e. The number of thiazole rings is 1. The lowest BCUT2D eigenvalue weighted by Crippen LogP contribution is -2.33. The fourth-order valence-corrected chi connectivity index (χ4v) is 4.13. The Morgan fingerprint density at radius 2 is 1.70 bits per heavy atom. The number of nitrogens with zero attached hydrogens (tertiary/aromatic N) is 4. The van der Waals surface area contributed by atoms with E-state index in [1.165, 1.54) is 18.2 Å². The third-order valence-electron chi connectivity index (χ3n) is 5.25. The molecule has 0 spiro atoms. The van der Waals surface area contributed by atoms with Crippen molar-refractivity contribution >= 4 is 27.9 Å². The summed E-state index contributed by atoms with van der Waals surface area (Å²) in [7, 11) is 0. The molecule has 1 amide bonds. The van der Waals surface area contributed by atoms with E-state index in [-0.39, 0.29) is 11.7 Å². The molecular formula is C24H18FN5O2S. The normalized spacial score (nSPS) is 12.1. The van der Waals surface area contributed by atoms with Crippen LogP contribution in [0.15, 0.2) is 83.2 Å². The lowest BCUT2D eigenvalue weighted by molar-refractivity contribution is -0.119. The van der Waals surface area contributed by atoms with Crippen molar-refractivity contribution in [3.63, 3.8) is 0 Å². The third kappa shape index (κ3) is 4.18. The Bertz CT molecular complexity index is 1470. The minimum absolute atomic E-state index is 0.362. The Morgan fingerprint density at radius 1 is 1.00 bits per heavy atom. The first-order chi connectivity index (χ1) is 16.0. The highest BCUT2D eigenvalue weighted by molar-refractivity contribution is 7.15. The largest absolute Gasteiger partial charge is 0.324 e. The SMILES string of the molecule is C[C@H](C(=O)Nc1ccc(-c2cn3ccsc3n2)cc1)n1nc(-c2ccc(F)cc2)ccc1=O. The van der Waals surface area contributed by atoms with Gasteiger partial charge in [-0.2, -0.15) is 5.10 Å². The molecular weight excluding hydrogens is 441 g/mol. The number of benzene rings is 2. The maximum atomic E-state index is 13.2. The number of anilines is 1. The molecule has 0 bridgehead atoms. The summed E-state index contributed by atoms with van der Waals surface area (Å²) >= 11 is 1.56. The molecule has 7 nitrogen and oxygen atoms in total. The molecule has 0 fully saturated rings. The molecule has 0 saturated heterocycles. The standard InChI is InChI=1S/C24H18FN5O2S/c1-15(30-22(31)11-10-20(28-30)16-2-6-18(25)7-3-16)23(32)26-19-8-4-17(5-9-19)21-14-29-12-13-33-24(29)27-21/h2-15H,1H3,(H,26,32)/t15-/m1/s1. The Labute approximate surface area is 191 Å². The molecule has 0 aliphatic heterocycles. The van der Waals surface area contributed by atoms with Gasteiger partial charge in [-0.1, -0.05) is 12.1 Å². The zero-order valence-corrected chi connectivity index (χ0v) is 18.3. The van der Waals surface area contributed by atoms with Crippen LogP contribution in [0.25, 0.3) is 27.5 Å². The quantitative estimate of drug-likeness (QED) is 0.416. The van der Waals surface area contributed by atoms with Crippen molar-refractivity contribution in [3.8, 4) is 22.5 Å². The summed E-state index contributed by atoms with van der Waals surface area (Å²) in [4.78, 5) is 30.7. The second-order valence-electron chi connectivity index (χ2n) is 7.47. The first-order valence-electron chi connectivity index (χ1n) is 10.2. The number of aromatic nitrogens is 4. The van der Waals surface area contributed by atoms with Crippen LogP contribution in [-0.2, 0) is 4.79 Å². The molecule has 0 radical (unpaired) electrons. The molecule has 9 heteroatoms. The van der Waals surface area contributed by atoms with Crippen LogP contribution in [0, 0.1) is 5.82 Å². The van der Waals surface area contributed by atoms with E-state index in [1.54, 1.807) is 48.6 Å². The molecule has 2 aromatic carbocycles. The summed E-state index contributed by atoms with van der Waals surface area (Å²) in [6.07, 6.45) is 3.90. The number of carbonyl (C=O) groups excluding carboxylic acids is 1. The Balaban J connectivity index is 1.33. The van der Waals surface area contributed by atoms with Crippen LogP contribution in [0.1, 0.15) is 13.0 Å². The lowest BCUT2D eigenvalue weighted by atomic mass is 10.1. The van der Waals surface area contributed by atoms with E-state index in [1.807, 2.05) is 34.3 Å². The van der Waals surface area contributed by atoms with Gasteiger partial charge in [0.2, 0.25) is 5.91 Å². The van der Waals surface area contributed by atoms with Crippen molar-refractivity contribution in [1.82, 2.24) is 19.2 Å². The molecule has 3 aromatic heterocycles. The van der Waals surface area contributed by atoms with Crippen LogP contribution in [0.4, 0.5) is 10.1 Å². The van der Waals surface area contributed by atoms with Crippen LogP contribution in [-0.4, -0.2) is 25.1 Å². The van der Waals surface area contributed by atoms with Crippen molar-refractivity contribution in [2.45, 2.75) is 13.0 Å². The van der Waals surface area contributed by atoms with Gasteiger partial charge in [0, 0.05) is 40.7 Å². The van der Waals surface area contributed by atoms with Crippen molar-refractivity contribution in [2.75, 3.05) is 5.32 Å². The van der Waals surface area contributed by atoms with E-state index < -0.39 is 11.6 Å². The average Bonchev–Trinajstić information content (AvgIpc) is 3.43. The number of rotatable bonds is 5. The first kappa shape index (κ1) is 20.8. The molecule has 0 unspecified atom stereocenters. The highest BCUT2D eigenvalue weighted by atomic mass is 32.1. The smallest absolute Gasteiger partial charge is 0.267 e. The fraction of sp³-hybridized carbons (Fsp3) is 0.0833. The molecule has 1 N–H and O–H groups in total. The number of carbonyl (C=O) groups is 1. The predicted molar refractivity (Wildman–Crippen MR) is 126 cm³/mol. The first-order valence-corrected chi connectivity index (χ1v) is 11.1. The van der Waals surface area contributed by atoms with Crippen LogP contribution in [0.3, 0.4) is 0 Å². The number of nitrogens with one attached hydrogen (secondary N) is 1. The van der Waals surface area contributed by atoms with E-state index in [0.717, 1.165) is 20.9 Å². The van der Waals surface area contributed by atoms with Crippen molar-refractivity contribution in [2.24, 2.45) is 0 Å². The van der Waals surface area contributed by atoms with Gasteiger partial charge in [0.05, 0.1) is 11.4 Å². The summed E-state index contributed by atoms with van der Waals surface area (Å²) in [5.74, 6) is -0.741. The van der Waals surface area contributed by atoms with Gasteiger partial charge in [-0.25, -0.2) is 14.1 Å². The molecule has 5 rings (SSSR count). The summed E-state index contributed by atoms with van der Waals surface area (Å²) < 4.78 is 16.3. The number of halogens is 1. The van der Waals surface area contributed by atoms with Crippen molar-refractivity contribution in [1.29, 1.82) is 0 Å². The highest BCUT2D eigenvalue weighted by Gasteiger charge is 2.18. The molecule has 0 aliphatic carbocycles. The number of fused-ring (bicyclic) bond motifs is 1. The fourth-order valence-electron chi connectivity index (χ4n) is 3.43. The predicted octanol–water partition coefficient (Wildman–Crippen LogP) is 4.63. The Hall–Kier alpha value is -4.11. The molecule has 164 valence electrons. The van der Waals surface area contributed by atoms with Crippen LogP contribution in [0.2, 0.25) is 0 Å². The van der Waals surface area contributed by atoms with E-state index in [4.69, 9.17) is 0 Å². The van der Waals surface area contributed by atoms with Crippen LogP contribution >= 0.6 is 11.3 Å². The minimum atomic E-state index is -0.850.